The van der Waals surface area contributed by atoms with Gasteiger partial charge in [-0.25, -0.2) is 4.39 Å². The van der Waals surface area contributed by atoms with Gasteiger partial charge in [0.05, 0.1) is 12.3 Å². The van der Waals surface area contributed by atoms with Gasteiger partial charge in [0, 0.05) is 37.3 Å². The molecule has 6 heteroatoms. The van der Waals surface area contributed by atoms with Crippen molar-refractivity contribution in [1.82, 2.24) is 4.90 Å². The van der Waals surface area contributed by atoms with Crippen molar-refractivity contribution in [2.75, 3.05) is 37.7 Å². The Morgan fingerprint density at radius 2 is 1.76 bits per heavy atom. The molecular formula is C23H27FN2O3. The average molecular weight is 398 g/mol. The molecule has 1 fully saturated rings. The van der Waals surface area contributed by atoms with Gasteiger partial charge < -0.3 is 14.5 Å². The van der Waals surface area contributed by atoms with E-state index in [2.05, 4.69) is 13.8 Å². The molecule has 0 aromatic heterocycles. The van der Waals surface area contributed by atoms with Crippen LogP contribution in [0.15, 0.2) is 42.5 Å². The summed E-state index contributed by atoms with van der Waals surface area (Å²) in [4.78, 5) is 27.9. The van der Waals surface area contributed by atoms with Crippen LogP contribution in [-0.4, -0.2) is 49.4 Å². The number of piperazine rings is 1. The maximum absolute atomic E-state index is 14.4. The summed E-state index contributed by atoms with van der Waals surface area (Å²) in [7, 11) is 0. The number of hydrogen-bond acceptors (Lipinski definition) is 4. The number of halogens is 1. The molecule has 1 saturated heterocycles. The SMILES string of the molecule is CC(=O)c1ccc(N2CCN(C(=O)c3cccc(OCC(C)C)c3)CC2)c(F)c1. The number of rotatable bonds is 6. The van der Waals surface area contributed by atoms with Crippen LogP contribution in [0.4, 0.5) is 10.1 Å². The first-order valence-electron chi connectivity index (χ1n) is 9.92. The van der Waals surface area contributed by atoms with Gasteiger partial charge in [-0.05, 0) is 49.2 Å². The summed E-state index contributed by atoms with van der Waals surface area (Å²) in [5, 5.41) is 0. The van der Waals surface area contributed by atoms with Crippen LogP contribution in [0, 0.1) is 11.7 Å². The molecular weight excluding hydrogens is 371 g/mol. The van der Waals surface area contributed by atoms with Gasteiger partial charge in [-0.15, -0.1) is 0 Å². The van der Waals surface area contributed by atoms with Gasteiger partial charge in [0.25, 0.3) is 5.91 Å². The van der Waals surface area contributed by atoms with Crippen LogP contribution in [0.5, 0.6) is 5.75 Å². The Morgan fingerprint density at radius 3 is 2.38 bits per heavy atom. The Kier molecular flexibility index (Phi) is 6.52. The molecule has 0 atom stereocenters. The summed E-state index contributed by atoms with van der Waals surface area (Å²) in [6.07, 6.45) is 0. The lowest BCUT2D eigenvalue weighted by Gasteiger charge is -2.36. The van der Waals surface area contributed by atoms with Crippen molar-refractivity contribution in [3.8, 4) is 5.75 Å². The monoisotopic (exact) mass is 398 g/mol. The molecule has 1 amide bonds. The molecule has 0 bridgehead atoms. The maximum Gasteiger partial charge on any atom is 0.254 e. The van der Waals surface area contributed by atoms with Crippen molar-refractivity contribution < 1.29 is 18.7 Å². The zero-order chi connectivity index (χ0) is 21.0. The predicted octanol–water partition coefficient (Wildman–Crippen LogP) is 4.03. The summed E-state index contributed by atoms with van der Waals surface area (Å²) < 4.78 is 20.1. The molecule has 0 radical (unpaired) electrons. The molecule has 0 unspecified atom stereocenters. The highest BCUT2D eigenvalue weighted by molar-refractivity contribution is 5.95. The third-order valence-electron chi connectivity index (χ3n) is 4.93. The Bertz CT molecular complexity index is 889. The fourth-order valence-corrected chi connectivity index (χ4v) is 3.30. The predicted molar refractivity (Wildman–Crippen MR) is 111 cm³/mol. The molecule has 0 aliphatic carbocycles. The van der Waals surface area contributed by atoms with Crippen LogP contribution < -0.4 is 9.64 Å². The van der Waals surface area contributed by atoms with E-state index >= 15 is 0 Å². The maximum atomic E-state index is 14.4. The van der Waals surface area contributed by atoms with Gasteiger partial charge in [-0.3, -0.25) is 9.59 Å². The number of anilines is 1. The normalized spacial score (nSPS) is 14.2. The molecule has 0 saturated carbocycles. The zero-order valence-electron chi connectivity index (χ0n) is 17.2. The van der Waals surface area contributed by atoms with Crippen LogP contribution in [0.2, 0.25) is 0 Å². The molecule has 5 nitrogen and oxygen atoms in total. The summed E-state index contributed by atoms with van der Waals surface area (Å²) in [5.74, 6) is 0.480. The van der Waals surface area contributed by atoms with Gasteiger partial charge in [0.1, 0.15) is 11.6 Å². The number of hydrogen-bond donors (Lipinski definition) is 0. The van der Waals surface area contributed by atoms with Gasteiger partial charge in [-0.1, -0.05) is 19.9 Å². The van der Waals surface area contributed by atoms with Gasteiger partial charge in [0.15, 0.2) is 5.78 Å². The van der Waals surface area contributed by atoms with Crippen LogP contribution in [-0.2, 0) is 0 Å². The zero-order valence-corrected chi connectivity index (χ0v) is 17.2. The van der Waals surface area contributed by atoms with Crippen molar-refractivity contribution in [1.29, 1.82) is 0 Å². The van der Waals surface area contributed by atoms with E-state index < -0.39 is 5.82 Å². The summed E-state index contributed by atoms with van der Waals surface area (Å²) in [5.41, 5.74) is 1.42. The second kappa shape index (κ2) is 9.07. The Balaban J connectivity index is 1.63. The lowest BCUT2D eigenvalue weighted by atomic mass is 10.1. The van der Waals surface area contributed by atoms with E-state index in [1.165, 1.54) is 13.0 Å². The highest BCUT2D eigenvalue weighted by atomic mass is 19.1. The van der Waals surface area contributed by atoms with Crippen LogP contribution in [0.3, 0.4) is 0 Å². The van der Waals surface area contributed by atoms with E-state index in [9.17, 15) is 14.0 Å². The molecule has 3 rings (SSSR count). The molecule has 1 aliphatic rings. The standard InChI is InChI=1S/C23H27FN2O3/c1-16(2)15-29-20-6-4-5-19(13-20)23(28)26-11-9-25(10-12-26)22-8-7-18(17(3)27)14-21(22)24/h4-8,13-14,16H,9-12,15H2,1-3H3. The fourth-order valence-electron chi connectivity index (χ4n) is 3.30. The number of ether oxygens (including phenoxy) is 1. The first-order valence-corrected chi connectivity index (χ1v) is 9.92. The fraction of sp³-hybridized carbons (Fsp3) is 0.391. The molecule has 154 valence electrons. The van der Waals surface area contributed by atoms with Crippen LogP contribution >= 0.6 is 0 Å². The van der Waals surface area contributed by atoms with E-state index in [0.29, 0.717) is 61.3 Å². The number of Topliss-reactive ketones (excluding diaryl/α,β-unsaturated/α-hetero) is 1. The van der Waals surface area contributed by atoms with Crippen LogP contribution in [0.25, 0.3) is 0 Å². The number of ketones is 1. The highest BCUT2D eigenvalue weighted by Crippen LogP contribution is 2.23. The third-order valence-corrected chi connectivity index (χ3v) is 4.93. The first kappa shape index (κ1) is 20.8. The summed E-state index contributed by atoms with van der Waals surface area (Å²) in [6, 6.07) is 11.8. The van der Waals surface area contributed by atoms with Gasteiger partial charge in [0.2, 0.25) is 0 Å². The molecule has 2 aromatic rings. The number of benzene rings is 2. The van der Waals surface area contributed by atoms with E-state index in [1.807, 2.05) is 17.0 Å². The highest BCUT2D eigenvalue weighted by Gasteiger charge is 2.24. The molecule has 2 aromatic carbocycles. The number of nitrogens with zero attached hydrogens (tertiary/aromatic N) is 2. The Hall–Kier alpha value is -2.89. The average Bonchev–Trinajstić information content (AvgIpc) is 2.72. The third kappa shape index (κ3) is 5.13. The topological polar surface area (TPSA) is 49.9 Å². The summed E-state index contributed by atoms with van der Waals surface area (Å²) >= 11 is 0. The second-order valence-corrected chi connectivity index (χ2v) is 7.73. The van der Waals surface area contributed by atoms with Crippen molar-refractivity contribution in [3.63, 3.8) is 0 Å². The van der Waals surface area contributed by atoms with E-state index in [-0.39, 0.29) is 11.7 Å². The molecule has 0 spiro atoms. The Labute approximate surface area is 171 Å². The van der Waals surface area contributed by atoms with Crippen molar-refractivity contribution in [2.24, 2.45) is 5.92 Å². The lowest BCUT2D eigenvalue weighted by molar-refractivity contribution is 0.0746. The Morgan fingerprint density at radius 1 is 1.03 bits per heavy atom. The number of carbonyl (C=O) groups is 2. The number of carbonyl (C=O) groups excluding carboxylic acids is 2. The van der Waals surface area contributed by atoms with Gasteiger partial charge in [-0.2, -0.15) is 0 Å². The molecule has 1 aliphatic heterocycles. The van der Waals surface area contributed by atoms with E-state index in [0.717, 1.165) is 0 Å². The van der Waals surface area contributed by atoms with Crippen molar-refractivity contribution in [2.45, 2.75) is 20.8 Å². The second-order valence-electron chi connectivity index (χ2n) is 7.73. The van der Waals surface area contributed by atoms with E-state index in [4.69, 9.17) is 4.74 Å². The quantitative estimate of drug-likeness (QED) is 0.690. The largest absolute Gasteiger partial charge is 0.493 e. The summed E-state index contributed by atoms with van der Waals surface area (Å²) in [6.45, 7) is 8.24. The number of amides is 1. The minimum atomic E-state index is -0.410. The van der Waals surface area contributed by atoms with Gasteiger partial charge >= 0.3 is 0 Å². The molecule has 0 N–H and O–H groups in total. The minimum absolute atomic E-state index is 0.0490. The minimum Gasteiger partial charge on any atom is -0.493 e. The van der Waals surface area contributed by atoms with E-state index in [1.54, 1.807) is 29.2 Å². The lowest BCUT2D eigenvalue weighted by Crippen LogP contribution is -2.49. The van der Waals surface area contributed by atoms with Crippen molar-refractivity contribution >= 4 is 17.4 Å². The van der Waals surface area contributed by atoms with Crippen molar-refractivity contribution in [3.05, 3.63) is 59.4 Å². The van der Waals surface area contributed by atoms with Crippen LogP contribution in [0.1, 0.15) is 41.5 Å². The smallest absolute Gasteiger partial charge is 0.254 e. The molecule has 29 heavy (non-hydrogen) atoms. The first-order chi connectivity index (χ1) is 13.8. The molecule has 1 heterocycles.